The zero-order valence-corrected chi connectivity index (χ0v) is 12.0. The number of nitrogens with one attached hydrogen (secondary N) is 1. The predicted molar refractivity (Wildman–Crippen MR) is 76.8 cm³/mol. The normalized spacial score (nSPS) is 15.3. The maximum atomic E-state index is 12.5. The van der Waals surface area contributed by atoms with Crippen molar-refractivity contribution >= 4 is 11.8 Å². The number of carbonyl (C=O) groups is 1. The topological polar surface area (TPSA) is 71.5 Å². The van der Waals surface area contributed by atoms with Crippen LogP contribution in [0.3, 0.4) is 0 Å². The molecule has 112 valence electrons. The molecule has 0 saturated heterocycles. The average Bonchev–Trinajstić information content (AvgIpc) is 3.18. The van der Waals surface area contributed by atoms with Crippen LogP contribution in [-0.2, 0) is 6.54 Å². The second-order valence-corrected chi connectivity index (χ2v) is 5.40. The van der Waals surface area contributed by atoms with Gasteiger partial charge in [-0.05, 0) is 31.9 Å². The van der Waals surface area contributed by atoms with E-state index in [1.54, 1.807) is 19.3 Å². The van der Waals surface area contributed by atoms with Gasteiger partial charge in [0.2, 0.25) is 0 Å². The minimum atomic E-state index is -0.161. The third kappa shape index (κ3) is 3.26. The van der Waals surface area contributed by atoms with Crippen molar-refractivity contribution in [3.05, 3.63) is 36.0 Å². The molecule has 0 aliphatic heterocycles. The number of anilines is 1. The number of carbonyl (C=O) groups excluding carboxylic acids is 1. The summed E-state index contributed by atoms with van der Waals surface area (Å²) < 4.78 is 10.3. The van der Waals surface area contributed by atoms with E-state index in [0.29, 0.717) is 18.1 Å². The zero-order chi connectivity index (χ0) is 14.7. The van der Waals surface area contributed by atoms with E-state index in [0.717, 1.165) is 31.4 Å². The van der Waals surface area contributed by atoms with Crippen molar-refractivity contribution in [3.8, 4) is 0 Å². The minimum Gasteiger partial charge on any atom is -0.467 e. The summed E-state index contributed by atoms with van der Waals surface area (Å²) in [6.07, 6.45) is 6.02. The maximum Gasteiger partial charge on any atom is 0.323 e. The van der Waals surface area contributed by atoms with Gasteiger partial charge in [-0.1, -0.05) is 18.0 Å². The molecular formula is C15H19N3O3. The molecule has 1 aliphatic rings. The molecule has 0 radical (unpaired) electrons. The molecule has 2 aromatic heterocycles. The molecule has 1 N–H and O–H groups in total. The second-order valence-electron chi connectivity index (χ2n) is 5.40. The van der Waals surface area contributed by atoms with Crippen molar-refractivity contribution in [2.24, 2.45) is 0 Å². The highest BCUT2D eigenvalue weighted by molar-refractivity contribution is 5.88. The highest BCUT2D eigenvalue weighted by Crippen LogP contribution is 2.26. The van der Waals surface area contributed by atoms with Crippen LogP contribution >= 0.6 is 0 Å². The van der Waals surface area contributed by atoms with Gasteiger partial charge in [-0.2, -0.15) is 0 Å². The van der Waals surface area contributed by atoms with Crippen molar-refractivity contribution in [1.82, 2.24) is 10.1 Å². The van der Waals surface area contributed by atoms with Crippen molar-refractivity contribution < 1.29 is 13.7 Å². The van der Waals surface area contributed by atoms with Crippen LogP contribution in [0.2, 0.25) is 0 Å². The van der Waals surface area contributed by atoms with Crippen LogP contribution in [-0.4, -0.2) is 22.1 Å². The molecule has 0 spiro atoms. The Morgan fingerprint density at radius 2 is 2.29 bits per heavy atom. The summed E-state index contributed by atoms with van der Waals surface area (Å²) in [6.45, 7) is 2.26. The molecule has 2 aromatic rings. The zero-order valence-electron chi connectivity index (χ0n) is 12.0. The van der Waals surface area contributed by atoms with E-state index in [1.807, 2.05) is 17.0 Å². The molecule has 1 fully saturated rings. The Hall–Kier alpha value is -2.24. The Kier molecular flexibility index (Phi) is 3.94. The van der Waals surface area contributed by atoms with E-state index in [2.05, 4.69) is 10.5 Å². The van der Waals surface area contributed by atoms with E-state index in [4.69, 9.17) is 8.94 Å². The number of aromatic nitrogens is 1. The van der Waals surface area contributed by atoms with E-state index in [1.165, 1.54) is 0 Å². The molecule has 1 aliphatic carbocycles. The van der Waals surface area contributed by atoms with Gasteiger partial charge in [-0.3, -0.25) is 5.32 Å². The third-order valence-electron chi connectivity index (χ3n) is 3.80. The van der Waals surface area contributed by atoms with E-state index >= 15 is 0 Å². The summed E-state index contributed by atoms with van der Waals surface area (Å²) >= 11 is 0. The highest BCUT2D eigenvalue weighted by Gasteiger charge is 2.28. The van der Waals surface area contributed by atoms with Crippen molar-refractivity contribution in [2.45, 2.75) is 45.2 Å². The quantitative estimate of drug-likeness (QED) is 0.934. The van der Waals surface area contributed by atoms with Gasteiger partial charge in [0.05, 0.1) is 12.8 Å². The van der Waals surface area contributed by atoms with Crippen LogP contribution in [0.4, 0.5) is 10.6 Å². The first-order valence-corrected chi connectivity index (χ1v) is 7.26. The fourth-order valence-electron chi connectivity index (χ4n) is 2.76. The molecule has 1 saturated carbocycles. The molecule has 0 bridgehead atoms. The number of urea groups is 1. The lowest BCUT2D eigenvalue weighted by Gasteiger charge is -2.27. The summed E-state index contributed by atoms with van der Waals surface area (Å²) in [7, 11) is 0. The number of nitrogens with zero attached hydrogens (tertiary/aromatic N) is 2. The number of amides is 2. The molecular weight excluding hydrogens is 270 g/mol. The fourth-order valence-corrected chi connectivity index (χ4v) is 2.76. The van der Waals surface area contributed by atoms with Crippen LogP contribution in [0.1, 0.15) is 37.2 Å². The van der Waals surface area contributed by atoms with Gasteiger partial charge in [0.15, 0.2) is 5.82 Å². The van der Waals surface area contributed by atoms with Crippen LogP contribution in [0, 0.1) is 6.92 Å². The predicted octanol–water partition coefficient (Wildman–Crippen LogP) is 3.55. The summed E-state index contributed by atoms with van der Waals surface area (Å²) in [5, 5.41) is 6.60. The monoisotopic (exact) mass is 289 g/mol. The summed E-state index contributed by atoms with van der Waals surface area (Å²) in [5.74, 6) is 1.90. The molecule has 21 heavy (non-hydrogen) atoms. The van der Waals surface area contributed by atoms with Gasteiger partial charge in [0.1, 0.15) is 11.5 Å². The lowest BCUT2D eigenvalue weighted by Crippen LogP contribution is -2.41. The van der Waals surface area contributed by atoms with Gasteiger partial charge in [0.25, 0.3) is 0 Å². The minimum absolute atomic E-state index is 0.161. The molecule has 6 heteroatoms. The third-order valence-corrected chi connectivity index (χ3v) is 3.80. The van der Waals surface area contributed by atoms with Gasteiger partial charge >= 0.3 is 6.03 Å². The standard InChI is InChI=1S/C15H19N3O3/c1-11-9-14(17-21-11)16-15(19)18(12-5-2-3-6-12)10-13-7-4-8-20-13/h4,7-9,12H,2-3,5-6,10H2,1H3,(H,16,17,19). The van der Waals surface area contributed by atoms with Gasteiger partial charge in [-0.15, -0.1) is 0 Å². The highest BCUT2D eigenvalue weighted by atomic mass is 16.5. The van der Waals surface area contributed by atoms with Gasteiger partial charge in [-0.25, -0.2) is 4.79 Å². The largest absolute Gasteiger partial charge is 0.467 e. The lowest BCUT2D eigenvalue weighted by atomic mass is 10.2. The molecule has 2 amide bonds. The van der Waals surface area contributed by atoms with Crippen molar-refractivity contribution in [3.63, 3.8) is 0 Å². The number of furan rings is 1. The Morgan fingerprint density at radius 3 is 2.90 bits per heavy atom. The lowest BCUT2D eigenvalue weighted by molar-refractivity contribution is 0.178. The SMILES string of the molecule is Cc1cc(NC(=O)N(Cc2ccco2)C2CCCC2)no1. The second kappa shape index (κ2) is 6.03. The molecule has 0 atom stereocenters. The fraction of sp³-hybridized carbons (Fsp3) is 0.467. The Labute approximate surface area is 123 Å². The van der Waals surface area contributed by atoms with Gasteiger partial charge < -0.3 is 13.8 Å². The smallest absolute Gasteiger partial charge is 0.323 e. The number of rotatable bonds is 4. The van der Waals surface area contributed by atoms with Crippen LogP contribution in [0.25, 0.3) is 0 Å². The maximum absolute atomic E-state index is 12.5. The molecule has 3 rings (SSSR count). The van der Waals surface area contributed by atoms with Gasteiger partial charge in [0, 0.05) is 12.1 Å². The van der Waals surface area contributed by atoms with E-state index in [9.17, 15) is 4.79 Å². The van der Waals surface area contributed by atoms with Crippen LogP contribution < -0.4 is 5.32 Å². The first-order valence-electron chi connectivity index (χ1n) is 7.26. The van der Waals surface area contributed by atoms with Crippen molar-refractivity contribution in [2.75, 3.05) is 5.32 Å². The first kappa shape index (κ1) is 13.7. The first-order chi connectivity index (χ1) is 10.2. The van der Waals surface area contributed by atoms with E-state index in [-0.39, 0.29) is 12.1 Å². The number of hydrogen-bond acceptors (Lipinski definition) is 4. The van der Waals surface area contributed by atoms with Crippen LogP contribution in [0.5, 0.6) is 0 Å². The number of aryl methyl sites for hydroxylation is 1. The number of hydrogen-bond donors (Lipinski definition) is 1. The Bertz CT molecular complexity index is 585. The van der Waals surface area contributed by atoms with Crippen LogP contribution in [0.15, 0.2) is 33.4 Å². The Balaban J connectivity index is 1.72. The molecule has 0 aromatic carbocycles. The van der Waals surface area contributed by atoms with E-state index < -0.39 is 0 Å². The molecule has 2 heterocycles. The Morgan fingerprint density at radius 1 is 1.48 bits per heavy atom. The average molecular weight is 289 g/mol. The summed E-state index contributed by atoms with van der Waals surface area (Å²) in [4.78, 5) is 14.4. The summed E-state index contributed by atoms with van der Waals surface area (Å²) in [5.41, 5.74) is 0. The summed E-state index contributed by atoms with van der Waals surface area (Å²) in [6, 6.07) is 5.52. The molecule has 0 unspecified atom stereocenters. The molecule has 6 nitrogen and oxygen atoms in total. The van der Waals surface area contributed by atoms with Crippen molar-refractivity contribution in [1.29, 1.82) is 0 Å².